The largest absolute Gasteiger partial charge is 0.500 e. The molecule has 3 N–H and O–H groups in total. The summed E-state index contributed by atoms with van der Waals surface area (Å²) in [6.45, 7) is 2.13. The second-order valence-corrected chi connectivity index (χ2v) is 1.81. The van der Waals surface area contributed by atoms with Gasteiger partial charge in [0.2, 0.25) is 0 Å². The highest BCUT2D eigenvalue weighted by Crippen LogP contribution is 1.81. The standard InChI is InChI=1S/C6H12N2O3/c1-2-11-4-3-8(7)5-6(9)10/h3-4H,2,5,7H2,1H3,(H,9,10). The highest BCUT2D eigenvalue weighted by atomic mass is 16.5. The van der Waals surface area contributed by atoms with Crippen LogP contribution in [0.4, 0.5) is 0 Å². The van der Waals surface area contributed by atoms with Gasteiger partial charge >= 0.3 is 5.97 Å². The second kappa shape index (κ2) is 5.55. The van der Waals surface area contributed by atoms with Crippen LogP contribution in [0.2, 0.25) is 0 Å². The maximum Gasteiger partial charge on any atom is 0.324 e. The number of ether oxygens (including phenoxy) is 1. The zero-order chi connectivity index (χ0) is 8.69. The molecule has 0 atom stereocenters. The third-order valence-electron chi connectivity index (χ3n) is 0.833. The maximum atomic E-state index is 10.0. The molecule has 64 valence electrons. The molecule has 0 bridgehead atoms. The number of nitrogens with zero attached hydrogens (tertiary/aromatic N) is 1. The van der Waals surface area contributed by atoms with Gasteiger partial charge in [-0.1, -0.05) is 0 Å². The fourth-order valence-electron chi connectivity index (χ4n) is 0.426. The summed E-state index contributed by atoms with van der Waals surface area (Å²) in [6, 6.07) is 0. The van der Waals surface area contributed by atoms with E-state index in [1.165, 1.54) is 12.5 Å². The van der Waals surface area contributed by atoms with Gasteiger partial charge in [0.1, 0.15) is 12.8 Å². The van der Waals surface area contributed by atoms with Gasteiger partial charge in [0.05, 0.1) is 12.8 Å². The topological polar surface area (TPSA) is 75.8 Å². The van der Waals surface area contributed by atoms with E-state index >= 15 is 0 Å². The van der Waals surface area contributed by atoms with Crippen LogP contribution in [0.25, 0.3) is 0 Å². The average Bonchev–Trinajstić information content (AvgIpc) is 1.86. The second-order valence-electron chi connectivity index (χ2n) is 1.81. The van der Waals surface area contributed by atoms with Gasteiger partial charge < -0.3 is 14.9 Å². The molecule has 0 heterocycles. The number of hydrogen-bond donors (Lipinski definition) is 2. The molecule has 0 aromatic heterocycles. The van der Waals surface area contributed by atoms with Crippen LogP contribution in [-0.2, 0) is 9.53 Å². The molecule has 0 unspecified atom stereocenters. The van der Waals surface area contributed by atoms with Crippen LogP contribution in [0.15, 0.2) is 12.5 Å². The van der Waals surface area contributed by atoms with E-state index in [0.717, 1.165) is 5.01 Å². The minimum atomic E-state index is -0.978. The monoisotopic (exact) mass is 160 g/mol. The number of nitrogens with two attached hydrogens (primary N) is 1. The van der Waals surface area contributed by atoms with E-state index in [9.17, 15) is 4.79 Å². The van der Waals surface area contributed by atoms with E-state index in [4.69, 9.17) is 15.7 Å². The van der Waals surface area contributed by atoms with E-state index < -0.39 is 5.97 Å². The van der Waals surface area contributed by atoms with Crippen molar-refractivity contribution in [2.45, 2.75) is 6.92 Å². The Hall–Kier alpha value is -1.23. The predicted octanol–water partition coefficient (Wildman–Crippen LogP) is -0.246. The van der Waals surface area contributed by atoms with Crippen LogP contribution < -0.4 is 5.84 Å². The van der Waals surface area contributed by atoms with Gasteiger partial charge in [-0.3, -0.25) is 4.79 Å². The van der Waals surface area contributed by atoms with Gasteiger partial charge in [0, 0.05) is 0 Å². The summed E-state index contributed by atoms with van der Waals surface area (Å²) >= 11 is 0. The van der Waals surface area contributed by atoms with Crippen molar-refractivity contribution in [2.24, 2.45) is 5.84 Å². The first-order valence-corrected chi connectivity index (χ1v) is 3.18. The quantitative estimate of drug-likeness (QED) is 0.329. The Balaban J connectivity index is 3.50. The van der Waals surface area contributed by atoms with E-state index in [1.807, 2.05) is 6.92 Å². The Morgan fingerprint density at radius 2 is 2.45 bits per heavy atom. The lowest BCUT2D eigenvalue weighted by Crippen LogP contribution is -2.30. The van der Waals surface area contributed by atoms with Gasteiger partial charge in [-0.15, -0.1) is 0 Å². The number of carbonyl (C=O) groups is 1. The molecule has 0 rings (SSSR count). The first-order chi connectivity index (χ1) is 5.16. The van der Waals surface area contributed by atoms with Crippen molar-refractivity contribution < 1.29 is 14.6 Å². The Morgan fingerprint density at radius 1 is 1.82 bits per heavy atom. The smallest absolute Gasteiger partial charge is 0.324 e. The molecule has 0 aromatic carbocycles. The van der Waals surface area contributed by atoms with Crippen LogP contribution >= 0.6 is 0 Å². The van der Waals surface area contributed by atoms with Gasteiger partial charge in [0.25, 0.3) is 0 Å². The summed E-state index contributed by atoms with van der Waals surface area (Å²) in [7, 11) is 0. The van der Waals surface area contributed by atoms with E-state index in [0.29, 0.717) is 6.61 Å². The Morgan fingerprint density at radius 3 is 2.91 bits per heavy atom. The van der Waals surface area contributed by atoms with Crippen molar-refractivity contribution >= 4 is 5.97 Å². The Kier molecular flexibility index (Phi) is 4.93. The summed E-state index contributed by atoms with van der Waals surface area (Å²) in [6.07, 6.45) is 2.71. The first-order valence-electron chi connectivity index (χ1n) is 3.18. The number of hydrogen-bond acceptors (Lipinski definition) is 4. The van der Waals surface area contributed by atoms with E-state index in [1.54, 1.807) is 0 Å². The summed E-state index contributed by atoms with van der Waals surface area (Å²) in [5.74, 6) is 4.22. The zero-order valence-electron chi connectivity index (χ0n) is 6.36. The molecule has 0 aliphatic rings. The van der Waals surface area contributed by atoms with Crippen molar-refractivity contribution in [3.05, 3.63) is 12.5 Å². The molecule has 5 nitrogen and oxygen atoms in total. The molecule has 5 heteroatoms. The molecule has 0 saturated carbocycles. The summed E-state index contributed by atoms with van der Waals surface area (Å²) in [4.78, 5) is 10.0. The normalized spacial score (nSPS) is 10.0. The minimum absolute atomic E-state index is 0.233. The molecule has 0 spiro atoms. The van der Waals surface area contributed by atoms with Gasteiger partial charge in [0.15, 0.2) is 0 Å². The van der Waals surface area contributed by atoms with Crippen LogP contribution in [0.3, 0.4) is 0 Å². The van der Waals surface area contributed by atoms with Crippen molar-refractivity contribution in [3.63, 3.8) is 0 Å². The summed E-state index contributed by atoms with van der Waals surface area (Å²) in [5.41, 5.74) is 0. The molecule has 0 aromatic rings. The molecule has 0 aliphatic heterocycles. The van der Waals surface area contributed by atoms with Gasteiger partial charge in [-0.2, -0.15) is 0 Å². The van der Waals surface area contributed by atoms with Crippen molar-refractivity contribution in [1.82, 2.24) is 5.01 Å². The lowest BCUT2D eigenvalue weighted by molar-refractivity contribution is -0.137. The number of carboxylic acids is 1. The minimum Gasteiger partial charge on any atom is -0.500 e. The predicted molar refractivity (Wildman–Crippen MR) is 39.3 cm³/mol. The molecule has 0 amide bonds. The lowest BCUT2D eigenvalue weighted by Gasteiger charge is -2.08. The van der Waals surface area contributed by atoms with Gasteiger partial charge in [-0.05, 0) is 6.92 Å². The van der Waals surface area contributed by atoms with Gasteiger partial charge in [-0.25, -0.2) is 5.84 Å². The SMILES string of the molecule is CCOC=CN(N)CC(=O)O. The van der Waals surface area contributed by atoms with Crippen molar-refractivity contribution in [2.75, 3.05) is 13.2 Å². The van der Waals surface area contributed by atoms with Crippen LogP contribution in [0, 0.1) is 0 Å². The summed E-state index contributed by atoms with van der Waals surface area (Å²) in [5, 5.41) is 9.27. The molecular formula is C6H12N2O3. The van der Waals surface area contributed by atoms with Crippen molar-refractivity contribution in [1.29, 1.82) is 0 Å². The summed E-state index contributed by atoms with van der Waals surface area (Å²) < 4.78 is 4.79. The molecule has 0 saturated heterocycles. The number of hydrazine groups is 1. The average molecular weight is 160 g/mol. The lowest BCUT2D eigenvalue weighted by atomic mass is 10.6. The maximum absolute atomic E-state index is 10.0. The molecular weight excluding hydrogens is 148 g/mol. The number of carboxylic acid groups (broad SMARTS) is 1. The molecule has 0 aliphatic carbocycles. The van der Waals surface area contributed by atoms with Crippen LogP contribution in [0.5, 0.6) is 0 Å². The number of aliphatic carboxylic acids is 1. The van der Waals surface area contributed by atoms with E-state index in [2.05, 4.69) is 0 Å². The van der Waals surface area contributed by atoms with Crippen molar-refractivity contribution in [3.8, 4) is 0 Å². The highest BCUT2D eigenvalue weighted by molar-refractivity contribution is 5.69. The molecule has 11 heavy (non-hydrogen) atoms. The fraction of sp³-hybridized carbons (Fsp3) is 0.500. The number of rotatable bonds is 5. The highest BCUT2D eigenvalue weighted by Gasteiger charge is 1.98. The fourth-order valence-corrected chi connectivity index (χ4v) is 0.426. The van der Waals surface area contributed by atoms with Crippen LogP contribution in [-0.4, -0.2) is 29.2 Å². The Bertz CT molecular complexity index is 147. The molecule has 0 radical (unpaired) electrons. The van der Waals surface area contributed by atoms with Crippen LogP contribution in [0.1, 0.15) is 6.92 Å². The third kappa shape index (κ3) is 6.66. The first kappa shape index (κ1) is 9.77. The van der Waals surface area contributed by atoms with E-state index in [-0.39, 0.29) is 6.54 Å². The molecule has 0 fully saturated rings. The Labute approximate surface area is 65.0 Å². The third-order valence-corrected chi connectivity index (χ3v) is 0.833. The zero-order valence-corrected chi connectivity index (χ0v) is 6.36.